The second-order valence-electron chi connectivity index (χ2n) is 5.69. The molecule has 0 aliphatic carbocycles. The Morgan fingerprint density at radius 3 is 2.76 bits per heavy atom. The second-order valence-corrected chi connectivity index (χ2v) is 7.07. The zero-order valence-corrected chi connectivity index (χ0v) is 17.3. The van der Waals surface area contributed by atoms with Crippen molar-refractivity contribution in [3.8, 4) is 6.07 Å². The highest BCUT2D eigenvalue weighted by Gasteiger charge is 2.16. The summed E-state index contributed by atoms with van der Waals surface area (Å²) >= 11 is 7.13. The number of amides is 1. The molecule has 0 atom stereocenters. The van der Waals surface area contributed by atoms with E-state index in [2.05, 4.69) is 36.1 Å². The second kappa shape index (κ2) is 9.40. The van der Waals surface area contributed by atoms with Gasteiger partial charge in [0.15, 0.2) is 5.16 Å². The van der Waals surface area contributed by atoms with Crippen LogP contribution < -0.4 is 16.0 Å². The van der Waals surface area contributed by atoms with Crippen LogP contribution in [0.15, 0.2) is 23.4 Å². The molecule has 0 spiro atoms. The van der Waals surface area contributed by atoms with Crippen LogP contribution in [0.4, 0.5) is 17.6 Å². The van der Waals surface area contributed by atoms with E-state index in [1.165, 1.54) is 17.8 Å². The number of nitrogens with one attached hydrogen (secondary N) is 3. The van der Waals surface area contributed by atoms with Gasteiger partial charge in [-0.2, -0.15) is 15.2 Å². The Kier molecular flexibility index (Phi) is 6.69. The summed E-state index contributed by atoms with van der Waals surface area (Å²) in [6.07, 6.45) is 0. The fraction of sp³-hybridized carbons (Fsp3) is 0.294. The first-order chi connectivity index (χ1) is 14.0. The van der Waals surface area contributed by atoms with Gasteiger partial charge in [0.25, 0.3) is 5.78 Å². The van der Waals surface area contributed by atoms with Crippen LogP contribution in [0.5, 0.6) is 0 Å². The standard InChI is InChI=1S/C17H18ClN9OS/c1-3-20-14-23-15(21-4-2)27-16(24-14)25-26-17(27)29-9-13(28)22-12-7-11(18)6-5-10(12)8-19/h5-7H,3-4,9H2,1-2H3,(H,22,28)(H2,20,21,23,24,25). The van der Waals surface area contributed by atoms with Gasteiger partial charge in [0.2, 0.25) is 17.8 Å². The summed E-state index contributed by atoms with van der Waals surface area (Å²) < 4.78 is 1.66. The summed E-state index contributed by atoms with van der Waals surface area (Å²) in [6, 6.07) is 6.71. The van der Waals surface area contributed by atoms with Gasteiger partial charge in [-0.1, -0.05) is 23.4 Å². The first-order valence-electron chi connectivity index (χ1n) is 8.78. The van der Waals surface area contributed by atoms with E-state index < -0.39 is 0 Å². The molecular formula is C17H18ClN9OS. The molecular weight excluding hydrogens is 414 g/mol. The minimum absolute atomic E-state index is 0.0543. The van der Waals surface area contributed by atoms with Crippen molar-refractivity contribution in [3.05, 3.63) is 28.8 Å². The Labute approximate surface area is 176 Å². The molecule has 3 rings (SSSR count). The van der Waals surface area contributed by atoms with Gasteiger partial charge in [0, 0.05) is 18.1 Å². The number of carbonyl (C=O) groups is 1. The summed E-state index contributed by atoms with van der Waals surface area (Å²) in [5, 5.41) is 27.2. The summed E-state index contributed by atoms with van der Waals surface area (Å²) in [6.45, 7) is 5.21. The predicted octanol–water partition coefficient (Wildman–Crippen LogP) is 2.64. The molecule has 10 nitrogen and oxygen atoms in total. The normalized spacial score (nSPS) is 10.6. The van der Waals surface area contributed by atoms with E-state index in [0.29, 0.717) is 52.2 Å². The topological polar surface area (TPSA) is 133 Å². The molecule has 0 fully saturated rings. The number of hydrogen-bond acceptors (Lipinski definition) is 9. The third kappa shape index (κ3) is 4.85. The van der Waals surface area contributed by atoms with Crippen LogP contribution in [0.1, 0.15) is 19.4 Å². The number of halogens is 1. The highest BCUT2D eigenvalue weighted by atomic mass is 35.5. The molecule has 3 aromatic rings. The Morgan fingerprint density at radius 1 is 1.24 bits per heavy atom. The number of fused-ring (bicyclic) bond motifs is 1. The van der Waals surface area contributed by atoms with E-state index in [-0.39, 0.29) is 11.7 Å². The number of aromatic nitrogens is 5. The molecule has 0 saturated heterocycles. The number of anilines is 3. The van der Waals surface area contributed by atoms with E-state index >= 15 is 0 Å². The molecule has 1 amide bonds. The molecule has 2 heterocycles. The average Bonchev–Trinajstić information content (AvgIpc) is 3.10. The van der Waals surface area contributed by atoms with Crippen LogP contribution in [0.25, 0.3) is 5.78 Å². The number of nitriles is 1. The zero-order chi connectivity index (χ0) is 20.8. The van der Waals surface area contributed by atoms with Crippen molar-refractivity contribution in [3.63, 3.8) is 0 Å². The molecule has 0 bridgehead atoms. The van der Waals surface area contributed by atoms with Crippen molar-refractivity contribution in [2.75, 3.05) is 34.8 Å². The Balaban J connectivity index is 1.78. The lowest BCUT2D eigenvalue weighted by atomic mass is 10.2. The maximum absolute atomic E-state index is 12.4. The van der Waals surface area contributed by atoms with Crippen LogP contribution in [0.2, 0.25) is 5.02 Å². The van der Waals surface area contributed by atoms with Crippen molar-refractivity contribution in [1.82, 2.24) is 24.6 Å². The lowest BCUT2D eigenvalue weighted by Crippen LogP contribution is -2.16. The quantitative estimate of drug-likeness (QED) is 0.460. The van der Waals surface area contributed by atoms with Crippen molar-refractivity contribution in [2.45, 2.75) is 19.0 Å². The monoisotopic (exact) mass is 431 g/mol. The largest absolute Gasteiger partial charge is 0.355 e. The summed E-state index contributed by atoms with van der Waals surface area (Å²) in [7, 11) is 0. The van der Waals surface area contributed by atoms with E-state index in [1.54, 1.807) is 16.5 Å². The maximum atomic E-state index is 12.4. The summed E-state index contributed by atoms with van der Waals surface area (Å²) in [4.78, 5) is 21.1. The van der Waals surface area contributed by atoms with Crippen LogP contribution >= 0.6 is 23.4 Å². The average molecular weight is 432 g/mol. The molecule has 150 valence electrons. The number of rotatable bonds is 8. The van der Waals surface area contributed by atoms with E-state index in [0.717, 1.165) is 0 Å². The molecule has 29 heavy (non-hydrogen) atoms. The molecule has 12 heteroatoms. The Morgan fingerprint density at radius 2 is 2.03 bits per heavy atom. The molecule has 2 aromatic heterocycles. The van der Waals surface area contributed by atoms with Crippen molar-refractivity contribution >= 4 is 52.6 Å². The minimum atomic E-state index is -0.305. The van der Waals surface area contributed by atoms with E-state index in [9.17, 15) is 4.79 Å². The van der Waals surface area contributed by atoms with Gasteiger partial charge < -0.3 is 16.0 Å². The molecule has 3 N–H and O–H groups in total. The third-order valence-electron chi connectivity index (χ3n) is 3.62. The zero-order valence-electron chi connectivity index (χ0n) is 15.7. The SMILES string of the molecule is CCNc1nc(NCC)n2c(SCC(=O)Nc3cc(Cl)ccc3C#N)nnc2n1. The summed E-state index contributed by atoms with van der Waals surface area (Å²) in [5.41, 5.74) is 0.697. The molecule has 1 aromatic carbocycles. The minimum Gasteiger partial charge on any atom is -0.355 e. The highest BCUT2D eigenvalue weighted by molar-refractivity contribution is 7.99. The lowest BCUT2D eigenvalue weighted by molar-refractivity contribution is -0.113. The van der Waals surface area contributed by atoms with E-state index in [4.69, 9.17) is 16.9 Å². The van der Waals surface area contributed by atoms with Gasteiger partial charge in [-0.15, -0.1) is 10.2 Å². The molecule has 0 saturated carbocycles. The predicted molar refractivity (Wildman–Crippen MR) is 112 cm³/mol. The van der Waals surface area contributed by atoms with Gasteiger partial charge in [-0.3, -0.25) is 4.79 Å². The molecule has 0 aliphatic rings. The fourth-order valence-corrected chi connectivity index (χ4v) is 3.33. The number of benzene rings is 1. The number of nitrogens with zero attached hydrogens (tertiary/aromatic N) is 6. The first kappa shape index (κ1) is 20.6. The maximum Gasteiger partial charge on any atom is 0.261 e. The van der Waals surface area contributed by atoms with Crippen LogP contribution in [-0.4, -0.2) is 49.3 Å². The van der Waals surface area contributed by atoms with Crippen molar-refractivity contribution in [2.24, 2.45) is 0 Å². The van der Waals surface area contributed by atoms with Crippen molar-refractivity contribution < 1.29 is 4.79 Å². The number of thioether (sulfide) groups is 1. The fourth-order valence-electron chi connectivity index (χ4n) is 2.43. The van der Waals surface area contributed by atoms with Gasteiger partial charge in [-0.05, 0) is 32.0 Å². The third-order valence-corrected chi connectivity index (χ3v) is 4.79. The first-order valence-corrected chi connectivity index (χ1v) is 10.1. The number of carbonyl (C=O) groups excluding carboxylic acids is 1. The van der Waals surface area contributed by atoms with Gasteiger partial charge >= 0.3 is 0 Å². The van der Waals surface area contributed by atoms with Crippen LogP contribution in [-0.2, 0) is 4.79 Å². The smallest absolute Gasteiger partial charge is 0.261 e. The Hall–Kier alpha value is -3.10. The molecule has 0 unspecified atom stereocenters. The molecule has 0 aliphatic heterocycles. The van der Waals surface area contributed by atoms with Crippen LogP contribution in [0.3, 0.4) is 0 Å². The van der Waals surface area contributed by atoms with E-state index in [1.807, 2.05) is 19.9 Å². The highest BCUT2D eigenvalue weighted by Crippen LogP contribution is 2.23. The van der Waals surface area contributed by atoms with Crippen molar-refractivity contribution in [1.29, 1.82) is 5.26 Å². The summed E-state index contributed by atoms with van der Waals surface area (Å²) in [5.74, 6) is 1.10. The van der Waals surface area contributed by atoms with Gasteiger partial charge in [-0.25, -0.2) is 4.40 Å². The molecule has 0 radical (unpaired) electrons. The lowest BCUT2D eigenvalue weighted by Gasteiger charge is -2.10. The Bertz CT molecular complexity index is 1080. The van der Waals surface area contributed by atoms with Crippen LogP contribution in [0, 0.1) is 11.3 Å². The van der Waals surface area contributed by atoms with Gasteiger partial charge in [0.1, 0.15) is 6.07 Å². The van der Waals surface area contributed by atoms with Gasteiger partial charge in [0.05, 0.1) is 17.0 Å². The number of hydrogen-bond donors (Lipinski definition) is 3.